The molecule has 1 rings (SSSR count). The van der Waals surface area contributed by atoms with Gasteiger partial charge in [-0.05, 0) is 40.7 Å². The average Bonchev–Trinajstić information content (AvgIpc) is 2.33. The van der Waals surface area contributed by atoms with E-state index in [-0.39, 0.29) is 0 Å². The highest BCUT2D eigenvalue weighted by Crippen LogP contribution is 2.34. The lowest BCUT2D eigenvalue weighted by Crippen LogP contribution is -2.12. The first kappa shape index (κ1) is 15.3. The van der Waals surface area contributed by atoms with Crippen molar-refractivity contribution in [3.8, 4) is 0 Å². The molecule has 0 spiro atoms. The van der Waals surface area contributed by atoms with Gasteiger partial charge in [-0.2, -0.15) is 0 Å². The molecule has 2 atom stereocenters. The van der Waals surface area contributed by atoms with E-state index in [1.807, 2.05) is 0 Å². The number of hydrogen-bond acceptors (Lipinski definition) is 2. The molecule has 0 saturated carbocycles. The van der Waals surface area contributed by atoms with Crippen LogP contribution < -0.4 is 0 Å². The van der Waals surface area contributed by atoms with E-state index < -0.39 is 8.69 Å². The molecule has 0 N–H and O–H groups in total. The molecule has 0 aliphatic carbocycles. The van der Waals surface area contributed by atoms with Gasteiger partial charge in [0.05, 0.1) is 0 Å². The fraction of sp³-hybridized carbons (Fsp3) is 0.600. The van der Waals surface area contributed by atoms with Crippen molar-refractivity contribution in [1.82, 2.24) is 0 Å². The lowest BCUT2D eigenvalue weighted by molar-refractivity contribution is 0.294. The second-order valence-electron chi connectivity index (χ2n) is 5.95. The Kier molecular flexibility index (Phi) is 6.52. The average molecular weight is 267 g/mol. The molecule has 0 bridgehead atoms. The molecule has 0 radical (unpaired) electrons. The zero-order chi connectivity index (χ0) is 13.4. The quantitative estimate of drug-likeness (QED) is 0.516. The van der Waals surface area contributed by atoms with Crippen molar-refractivity contribution in [2.45, 2.75) is 46.0 Å². The fourth-order valence-corrected chi connectivity index (χ4v) is 2.52. The fourth-order valence-electron chi connectivity index (χ4n) is 2.29. The summed E-state index contributed by atoms with van der Waals surface area (Å²) in [5.41, 5.74) is 1.72. The number of benzene rings is 1. The third-order valence-electron chi connectivity index (χ3n) is 2.99. The van der Waals surface area contributed by atoms with Gasteiger partial charge in [0.1, 0.15) is 6.61 Å². The van der Waals surface area contributed by atoms with Gasteiger partial charge in [0.15, 0.2) is 0 Å². The van der Waals surface area contributed by atoms with Crippen LogP contribution in [-0.4, -0.2) is 6.61 Å². The Bertz CT molecular complexity index is 343. The van der Waals surface area contributed by atoms with Crippen LogP contribution in [0.1, 0.15) is 51.5 Å². The Labute approximate surface area is 112 Å². The zero-order valence-electron chi connectivity index (χ0n) is 11.6. The second-order valence-corrected chi connectivity index (χ2v) is 6.40. The predicted molar refractivity (Wildman–Crippen MR) is 77.4 cm³/mol. The van der Waals surface area contributed by atoms with E-state index in [2.05, 4.69) is 51.1 Å². The van der Waals surface area contributed by atoms with Crippen molar-refractivity contribution in [1.29, 1.82) is 0 Å². The lowest BCUT2D eigenvalue weighted by Gasteiger charge is -2.26. The summed E-state index contributed by atoms with van der Waals surface area (Å²) in [5.74, 6) is 0.560. The van der Waals surface area contributed by atoms with Gasteiger partial charge in [0.25, 0.3) is 0 Å². The highest BCUT2D eigenvalue weighted by Gasteiger charge is 2.20. The van der Waals surface area contributed by atoms with Gasteiger partial charge in [-0.25, -0.2) is 0 Å². The largest absolute Gasteiger partial charge is 0.494 e. The van der Waals surface area contributed by atoms with E-state index in [1.54, 1.807) is 0 Å². The van der Waals surface area contributed by atoms with Crippen LogP contribution in [0.3, 0.4) is 0 Å². The van der Waals surface area contributed by atoms with Crippen LogP contribution >= 0.6 is 8.69 Å². The van der Waals surface area contributed by atoms with Crippen LogP contribution in [0.25, 0.3) is 0 Å². The van der Waals surface area contributed by atoms with Gasteiger partial charge in [0, 0.05) is 0 Å². The summed E-state index contributed by atoms with van der Waals surface area (Å²) in [5, 5.41) is 0. The molecule has 0 aliphatic heterocycles. The molecule has 0 aliphatic rings. The van der Waals surface area contributed by atoms with Crippen LogP contribution in [0.4, 0.5) is 0 Å². The van der Waals surface area contributed by atoms with Crippen LogP contribution in [0.15, 0.2) is 30.3 Å². The smallest absolute Gasteiger partial charge is 0.148 e. The molecular formula is C15H24O2P+. The molecule has 2 unspecified atom stereocenters. The van der Waals surface area contributed by atoms with E-state index in [0.717, 1.165) is 19.3 Å². The highest BCUT2D eigenvalue weighted by atomic mass is 31.1. The maximum absolute atomic E-state index is 10.3. The highest BCUT2D eigenvalue weighted by molar-refractivity contribution is 7.17. The van der Waals surface area contributed by atoms with E-state index in [0.29, 0.717) is 17.9 Å². The molecule has 1 aromatic rings. The molecule has 0 heterocycles. The Morgan fingerprint density at radius 3 is 2.44 bits per heavy atom. The molecule has 100 valence electrons. The minimum atomic E-state index is -0.633. The number of rotatable bonds is 7. The summed E-state index contributed by atoms with van der Waals surface area (Å²) in [6.45, 7) is 7.42. The standard InChI is InChI=1S/C15H24O2P/c1-15(2,3)12-14(10-7-11-17-18-16)13-8-5-4-6-9-13/h4-6,8-9,14,18H,7,10-12H2,1-3H3/q+1. The van der Waals surface area contributed by atoms with Gasteiger partial charge in [-0.3, -0.25) is 0 Å². The van der Waals surface area contributed by atoms with Gasteiger partial charge in [-0.1, -0.05) is 51.1 Å². The summed E-state index contributed by atoms with van der Waals surface area (Å²) < 4.78 is 15.2. The molecule has 2 nitrogen and oxygen atoms in total. The third kappa shape index (κ3) is 6.28. The summed E-state index contributed by atoms with van der Waals surface area (Å²) in [6, 6.07) is 10.7. The Hall–Kier alpha value is -0.720. The van der Waals surface area contributed by atoms with Crippen molar-refractivity contribution in [2.24, 2.45) is 5.41 Å². The molecular weight excluding hydrogens is 243 g/mol. The monoisotopic (exact) mass is 267 g/mol. The summed E-state index contributed by atoms with van der Waals surface area (Å²) in [4.78, 5) is 0. The van der Waals surface area contributed by atoms with Crippen LogP contribution in [-0.2, 0) is 9.09 Å². The second kappa shape index (κ2) is 7.66. The van der Waals surface area contributed by atoms with Gasteiger partial charge in [0.2, 0.25) is 0 Å². The van der Waals surface area contributed by atoms with E-state index in [9.17, 15) is 4.57 Å². The minimum Gasteiger partial charge on any atom is -0.148 e. The Morgan fingerprint density at radius 2 is 1.89 bits per heavy atom. The number of hydrogen-bond donors (Lipinski definition) is 0. The maximum Gasteiger partial charge on any atom is 0.494 e. The minimum absolute atomic E-state index is 0.321. The first-order valence-corrected chi connectivity index (χ1v) is 7.38. The topological polar surface area (TPSA) is 26.3 Å². The molecule has 3 heteroatoms. The van der Waals surface area contributed by atoms with E-state index in [1.165, 1.54) is 5.56 Å². The lowest BCUT2D eigenvalue weighted by atomic mass is 9.79. The van der Waals surface area contributed by atoms with Crippen molar-refractivity contribution < 1.29 is 9.09 Å². The van der Waals surface area contributed by atoms with Crippen molar-refractivity contribution >= 4 is 8.69 Å². The predicted octanol–water partition coefficient (Wildman–Crippen LogP) is 4.94. The van der Waals surface area contributed by atoms with E-state index >= 15 is 0 Å². The molecule has 0 amide bonds. The van der Waals surface area contributed by atoms with Crippen molar-refractivity contribution in [2.75, 3.05) is 6.61 Å². The molecule has 0 fully saturated rings. The van der Waals surface area contributed by atoms with Crippen LogP contribution in [0, 0.1) is 5.41 Å². The third-order valence-corrected chi connectivity index (χ3v) is 3.31. The summed E-state index contributed by atoms with van der Waals surface area (Å²) >= 11 is 0. The SMILES string of the molecule is CC(C)(C)CC(CCCO[PH+]=O)c1ccccc1. The first-order chi connectivity index (χ1) is 8.53. The molecule has 1 aromatic carbocycles. The molecule has 18 heavy (non-hydrogen) atoms. The van der Waals surface area contributed by atoms with Gasteiger partial charge < -0.3 is 0 Å². The Morgan fingerprint density at radius 1 is 1.22 bits per heavy atom. The Balaban J connectivity index is 2.61. The first-order valence-electron chi connectivity index (χ1n) is 6.57. The van der Waals surface area contributed by atoms with Gasteiger partial charge in [-0.15, -0.1) is 4.52 Å². The van der Waals surface area contributed by atoms with Gasteiger partial charge >= 0.3 is 8.69 Å². The molecule has 0 aromatic heterocycles. The van der Waals surface area contributed by atoms with Crippen molar-refractivity contribution in [3.05, 3.63) is 35.9 Å². The van der Waals surface area contributed by atoms with Crippen molar-refractivity contribution in [3.63, 3.8) is 0 Å². The summed E-state index contributed by atoms with van der Waals surface area (Å²) in [6.07, 6.45) is 3.22. The normalized spacial score (nSPS) is 13.7. The van der Waals surface area contributed by atoms with E-state index in [4.69, 9.17) is 4.52 Å². The summed E-state index contributed by atoms with van der Waals surface area (Å²) in [7, 11) is -0.633. The zero-order valence-corrected chi connectivity index (χ0v) is 12.6. The molecule has 0 saturated heterocycles. The maximum atomic E-state index is 10.3. The van der Waals surface area contributed by atoms with Crippen LogP contribution in [0.5, 0.6) is 0 Å². The van der Waals surface area contributed by atoms with Crippen LogP contribution in [0.2, 0.25) is 0 Å².